The number of aryl methyl sites for hydroxylation is 1. The zero-order valence-electron chi connectivity index (χ0n) is 10.1. The summed E-state index contributed by atoms with van der Waals surface area (Å²) in [5.74, 6) is 1.06. The number of aromatic nitrogens is 3. The van der Waals surface area contributed by atoms with E-state index in [1.807, 2.05) is 24.0 Å². The minimum absolute atomic E-state index is 0.522. The van der Waals surface area contributed by atoms with Crippen LogP contribution in [0.5, 0.6) is 0 Å². The summed E-state index contributed by atoms with van der Waals surface area (Å²) < 4.78 is 2.03. The first-order chi connectivity index (χ1) is 8.19. The fourth-order valence-corrected chi connectivity index (χ4v) is 2.30. The Balaban J connectivity index is 1.93. The number of hydrogen-bond donors (Lipinski definition) is 1. The predicted molar refractivity (Wildman–Crippen MR) is 68.4 cm³/mol. The van der Waals surface area contributed by atoms with Crippen molar-refractivity contribution in [3.8, 4) is 0 Å². The van der Waals surface area contributed by atoms with Crippen LogP contribution < -0.4 is 5.73 Å². The Morgan fingerprint density at radius 1 is 1.47 bits per heavy atom. The maximum Gasteiger partial charge on any atom is 0.122 e. The summed E-state index contributed by atoms with van der Waals surface area (Å²) >= 11 is 1.62. The summed E-state index contributed by atoms with van der Waals surface area (Å²) in [6.07, 6.45) is 3.77. The molecule has 2 aromatic rings. The van der Waals surface area contributed by atoms with Crippen molar-refractivity contribution in [3.05, 3.63) is 34.3 Å². The highest BCUT2D eigenvalue weighted by atomic mass is 32.1. The van der Waals surface area contributed by atoms with Crippen molar-refractivity contribution in [1.29, 1.82) is 0 Å². The molecule has 2 heterocycles. The molecule has 6 heteroatoms. The van der Waals surface area contributed by atoms with E-state index in [2.05, 4.69) is 27.3 Å². The van der Waals surface area contributed by atoms with E-state index in [1.54, 1.807) is 11.3 Å². The molecular weight excluding hydrogens is 234 g/mol. The van der Waals surface area contributed by atoms with Gasteiger partial charge in [0, 0.05) is 37.9 Å². The molecule has 0 aliphatic heterocycles. The highest BCUT2D eigenvalue weighted by Crippen LogP contribution is 2.11. The van der Waals surface area contributed by atoms with Gasteiger partial charge in [-0.15, -0.1) is 11.3 Å². The first-order valence-electron chi connectivity index (χ1n) is 5.47. The third kappa shape index (κ3) is 3.12. The third-order valence-corrected chi connectivity index (χ3v) is 3.46. The number of nitrogens with zero attached hydrogens (tertiary/aromatic N) is 4. The molecule has 5 nitrogen and oxygen atoms in total. The van der Waals surface area contributed by atoms with E-state index < -0.39 is 0 Å². The van der Waals surface area contributed by atoms with Gasteiger partial charge in [0.15, 0.2) is 0 Å². The van der Waals surface area contributed by atoms with Crippen molar-refractivity contribution in [3.63, 3.8) is 0 Å². The number of imidazole rings is 1. The number of rotatable bonds is 5. The molecule has 0 amide bonds. The van der Waals surface area contributed by atoms with Gasteiger partial charge in [0.25, 0.3) is 0 Å². The Morgan fingerprint density at radius 2 is 2.29 bits per heavy atom. The molecule has 0 aliphatic carbocycles. The zero-order valence-corrected chi connectivity index (χ0v) is 10.9. The quantitative estimate of drug-likeness (QED) is 0.860. The summed E-state index contributed by atoms with van der Waals surface area (Å²) in [6, 6.07) is 0. The molecule has 0 spiro atoms. The molecule has 0 aromatic carbocycles. The highest BCUT2D eigenvalue weighted by molar-refractivity contribution is 7.09. The van der Waals surface area contributed by atoms with Gasteiger partial charge < -0.3 is 10.3 Å². The van der Waals surface area contributed by atoms with E-state index in [1.165, 1.54) is 0 Å². The summed E-state index contributed by atoms with van der Waals surface area (Å²) in [4.78, 5) is 10.9. The second kappa shape index (κ2) is 5.39. The lowest BCUT2D eigenvalue weighted by Gasteiger charge is -2.14. The average Bonchev–Trinajstić information content (AvgIpc) is 2.89. The summed E-state index contributed by atoms with van der Waals surface area (Å²) in [5.41, 5.74) is 6.62. The molecule has 92 valence electrons. The van der Waals surface area contributed by atoms with Crippen molar-refractivity contribution >= 4 is 11.3 Å². The molecule has 0 unspecified atom stereocenters. The van der Waals surface area contributed by atoms with Crippen LogP contribution in [0, 0.1) is 0 Å². The van der Waals surface area contributed by atoms with Gasteiger partial charge in [0.2, 0.25) is 0 Å². The second-order valence-corrected chi connectivity index (χ2v) is 5.01. The SMILES string of the molecule is CN(Cc1csc(CN)n1)Cc1nccn1C. The first-order valence-corrected chi connectivity index (χ1v) is 6.35. The second-order valence-electron chi connectivity index (χ2n) is 4.06. The van der Waals surface area contributed by atoms with E-state index in [4.69, 9.17) is 5.73 Å². The Hall–Kier alpha value is -1.24. The molecule has 17 heavy (non-hydrogen) atoms. The average molecular weight is 251 g/mol. The van der Waals surface area contributed by atoms with Gasteiger partial charge in [-0.3, -0.25) is 4.90 Å². The lowest BCUT2D eigenvalue weighted by Crippen LogP contribution is -2.19. The van der Waals surface area contributed by atoms with Gasteiger partial charge in [-0.2, -0.15) is 0 Å². The maximum absolute atomic E-state index is 5.54. The predicted octanol–water partition coefficient (Wildman–Crippen LogP) is 0.967. The molecule has 0 radical (unpaired) electrons. The molecule has 0 saturated carbocycles. The third-order valence-electron chi connectivity index (χ3n) is 2.54. The lowest BCUT2D eigenvalue weighted by atomic mass is 10.4. The van der Waals surface area contributed by atoms with Crippen LogP contribution in [0.1, 0.15) is 16.5 Å². The van der Waals surface area contributed by atoms with Crippen molar-refractivity contribution in [1.82, 2.24) is 19.4 Å². The lowest BCUT2D eigenvalue weighted by molar-refractivity contribution is 0.304. The normalized spacial score (nSPS) is 11.3. The molecule has 2 aromatic heterocycles. The van der Waals surface area contributed by atoms with E-state index >= 15 is 0 Å². The largest absolute Gasteiger partial charge is 0.337 e. The van der Waals surface area contributed by atoms with Crippen LogP contribution >= 0.6 is 11.3 Å². The van der Waals surface area contributed by atoms with Gasteiger partial charge in [0.05, 0.1) is 12.2 Å². The van der Waals surface area contributed by atoms with Gasteiger partial charge in [-0.05, 0) is 7.05 Å². The summed E-state index contributed by atoms with van der Waals surface area (Å²) in [6.45, 7) is 2.16. The van der Waals surface area contributed by atoms with Gasteiger partial charge in [-0.25, -0.2) is 9.97 Å². The van der Waals surface area contributed by atoms with Crippen molar-refractivity contribution in [2.45, 2.75) is 19.6 Å². The van der Waals surface area contributed by atoms with E-state index in [-0.39, 0.29) is 0 Å². The number of hydrogen-bond acceptors (Lipinski definition) is 5. The van der Waals surface area contributed by atoms with Crippen LogP contribution in [0.4, 0.5) is 0 Å². The molecular formula is C11H17N5S. The Labute approximate surface area is 105 Å². The molecule has 2 N–H and O–H groups in total. The minimum atomic E-state index is 0.522. The minimum Gasteiger partial charge on any atom is -0.337 e. The van der Waals surface area contributed by atoms with Gasteiger partial charge in [-0.1, -0.05) is 0 Å². The van der Waals surface area contributed by atoms with E-state index in [0.29, 0.717) is 6.54 Å². The molecule has 0 bridgehead atoms. The number of nitrogens with two attached hydrogens (primary N) is 1. The molecule has 0 aliphatic rings. The van der Waals surface area contributed by atoms with Crippen molar-refractivity contribution in [2.24, 2.45) is 12.8 Å². The molecule has 0 atom stereocenters. The van der Waals surface area contributed by atoms with Crippen LogP contribution in [-0.4, -0.2) is 26.5 Å². The van der Waals surface area contributed by atoms with Crippen molar-refractivity contribution < 1.29 is 0 Å². The number of thiazole rings is 1. The Morgan fingerprint density at radius 3 is 2.88 bits per heavy atom. The first kappa shape index (κ1) is 12.2. The maximum atomic E-state index is 5.54. The van der Waals surface area contributed by atoms with Crippen LogP contribution in [0.25, 0.3) is 0 Å². The zero-order chi connectivity index (χ0) is 12.3. The Bertz CT molecular complexity index is 476. The van der Waals surface area contributed by atoms with Gasteiger partial charge >= 0.3 is 0 Å². The fourth-order valence-electron chi connectivity index (χ4n) is 1.64. The van der Waals surface area contributed by atoms with Crippen molar-refractivity contribution in [2.75, 3.05) is 7.05 Å². The van der Waals surface area contributed by atoms with E-state index in [0.717, 1.165) is 29.6 Å². The van der Waals surface area contributed by atoms with E-state index in [9.17, 15) is 0 Å². The van der Waals surface area contributed by atoms with Gasteiger partial charge in [0.1, 0.15) is 10.8 Å². The monoisotopic (exact) mass is 251 g/mol. The highest BCUT2D eigenvalue weighted by Gasteiger charge is 2.07. The Kier molecular flexibility index (Phi) is 3.88. The molecule has 0 fully saturated rings. The van der Waals surface area contributed by atoms with Crippen LogP contribution in [0.2, 0.25) is 0 Å². The van der Waals surface area contributed by atoms with Crippen LogP contribution in [0.15, 0.2) is 17.8 Å². The summed E-state index contributed by atoms with van der Waals surface area (Å²) in [5, 5.41) is 3.06. The fraction of sp³-hybridized carbons (Fsp3) is 0.455. The standard InChI is InChI=1S/C11H17N5S/c1-15(7-10-13-3-4-16(10)2)6-9-8-17-11(5-12)14-9/h3-4,8H,5-7,12H2,1-2H3. The topological polar surface area (TPSA) is 60.0 Å². The molecule has 2 rings (SSSR count). The smallest absolute Gasteiger partial charge is 0.122 e. The van der Waals surface area contributed by atoms with Crippen LogP contribution in [0.3, 0.4) is 0 Å². The molecule has 0 saturated heterocycles. The van der Waals surface area contributed by atoms with Crippen LogP contribution in [-0.2, 0) is 26.7 Å². The summed E-state index contributed by atoms with van der Waals surface area (Å²) in [7, 11) is 4.07.